The monoisotopic (exact) mass is 599 g/mol. The maximum absolute atomic E-state index is 14.8. The van der Waals surface area contributed by atoms with Crippen molar-refractivity contribution in [2.45, 2.75) is 58.7 Å². The number of carboxylic acid groups (broad SMARTS) is 1. The van der Waals surface area contributed by atoms with Crippen molar-refractivity contribution in [2.75, 3.05) is 24.5 Å². The molecule has 4 rings (SSSR count). The molecule has 2 heterocycles. The van der Waals surface area contributed by atoms with Gasteiger partial charge < -0.3 is 25.4 Å². The Balaban J connectivity index is 1.41. The molecule has 1 aliphatic heterocycles. The Hall–Kier alpha value is -4.75. The Morgan fingerprint density at radius 2 is 1.91 bits per heavy atom. The number of hydrogen-bond donors (Lipinski definition) is 2. The van der Waals surface area contributed by atoms with Gasteiger partial charge in [-0.05, 0) is 80.6 Å². The number of pyridine rings is 1. The number of aryl methyl sites for hydroxylation is 1. The molecular weight excluding hydrogens is 561 g/mol. The van der Waals surface area contributed by atoms with Crippen LogP contribution in [-0.2, 0) is 11.3 Å². The van der Waals surface area contributed by atoms with E-state index in [0.717, 1.165) is 55.2 Å². The highest BCUT2D eigenvalue weighted by atomic mass is 19.1. The van der Waals surface area contributed by atoms with Crippen molar-refractivity contribution >= 4 is 23.6 Å². The third-order valence-corrected chi connectivity index (χ3v) is 8.34. The zero-order valence-electron chi connectivity index (χ0n) is 25.3. The lowest BCUT2D eigenvalue weighted by molar-refractivity contribution is -0.612. The van der Waals surface area contributed by atoms with Gasteiger partial charge in [0.15, 0.2) is 6.20 Å². The molecule has 10 heteroatoms. The van der Waals surface area contributed by atoms with Gasteiger partial charge in [-0.15, -0.1) is 0 Å². The minimum absolute atomic E-state index is 0.117. The highest BCUT2D eigenvalue weighted by molar-refractivity contribution is 5.96. The Morgan fingerprint density at radius 1 is 1.20 bits per heavy atom. The molecule has 2 aromatic carbocycles. The average molecular weight is 600 g/mol. The number of aromatic nitrogens is 1. The summed E-state index contributed by atoms with van der Waals surface area (Å²) in [5.41, 5.74) is 4.03. The van der Waals surface area contributed by atoms with E-state index in [1.807, 2.05) is 31.2 Å². The smallest absolute Gasteiger partial charge is 0.328 e. The number of anilines is 1. The molecule has 1 aromatic heterocycles. The predicted molar refractivity (Wildman–Crippen MR) is 166 cm³/mol. The lowest BCUT2D eigenvalue weighted by Gasteiger charge is -2.42. The van der Waals surface area contributed by atoms with E-state index < -0.39 is 5.97 Å². The number of piperidine rings is 1. The van der Waals surface area contributed by atoms with Crippen LogP contribution < -0.4 is 14.9 Å². The van der Waals surface area contributed by atoms with Crippen molar-refractivity contribution in [1.82, 2.24) is 10.2 Å². The Morgan fingerprint density at radius 3 is 2.57 bits per heavy atom. The molecule has 9 nitrogen and oxygen atoms in total. The van der Waals surface area contributed by atoms with E-state index in [1.165, 1.54) is 24.4 Å². The van der Waals surface area contributed by atoms with Crippen LogP contribution in [-0.4, -0.2) is 53.6 Å². The van der Waals surface area contributed by atoms with Crippen LogP contribution >= 0.6 is 0 Å². The molecular formula is C34H38FN5O4. The third kappa shape index (κ3) is 7.99. The number of nitrogens with one attached hydrogen (secondary N) is 1. The van der Waals surface area contributed by atoms with Crippen LogP contribution in [0.3, 0.4) is 0 Å². The molecule has 0 saturated carbocycles. The van der Waals surface area contributed by atoms with Crippen LogP contribution in [0.1, 0.15) is 64.5 Å². The number of carboxylic acids is 1. The van der Waals surface area contributed by atoms with Gasteiger partial charge in [-0.2, -0.15) is 9.99 Å². The van der Waals surface area contributed by atoms with Crippen molar-refractivity contribution in [3.63, 3.8) is 0 Å². The molecule has 1 aliphatic rings. The van der Waals surface area contributed by atoms with E-state index in [0.29, 0.717) is 40.2 Å². The SMILES string of the molecule is Cc1cc[n+]([O-])c(C)c1C(=O)NCCC(C)N1CCC(N(Cc2cc(C#N)ccc2F)c2ccc(/C=C/C(=O)O)cc2)CC1. The standard InChI is InChI=1S/C34H38FN5O4/c1-23-13-19-40(44)25(3)33(23)34(43)37-16-12-24(2)38-17-14-30(15-18-38)39(22-28-20-27(21-36)6-10-31(28)35)29-8-4-26(5-9-29)7-11-32(41)42/h4-11,13,19-20,24,30H,12,14-18,22H2,1-3H3,(H,37,43)(H,41,42)/b11-7+. The number of likely N-dealkylation sites (tertiary alicyclic amines) is 1. The second kappa shape index (κ2) is 14.6. The number of carbonyl (C=O) groups is 2. The summed E-state index contributed by atoms with van der Waals surface area (Å²) in [6.07, 6.45) is 6.44. The Kier molecular flexibility index (Phi) is 10.7. The van der Waals surface area contributed by atoms with Crippen molar-refractivity contribution in [3.05, 3.63) is 105 Å². The number of aliphatic carboxylic acids is 1. The largest absolute Gasteiger partial charge is 0.618 e. The minimum atomic E-state index is -1.02. The fourth-order valence-electron chi connectivity index (χ4n) is 5.74. The summed E-state index contributed by atoms with van der Waals surface area (Å²) < 4.78 is 15.6. The number of amides is 1. The van der Waals surface area contributed by atoms with Gasteiger partial charge in [-0.3, -0.25) is 4.79 Å². The Bertz CT molecular complexity index is 1560. The summed E-state index contributed by atoms with van der Waals surface area (Å²) in [5, 5.41) is 33.2. The highest BCUT2D eigenvalue weighted by Crippen LogP contribution is 2.28. The fraction of sp³-hybridized carbons (Fsp3) is 0.353. The van der Waals surface area contributed by atoms with Gasteiger partial charge in [0.1, 0.15) is 11.4 Å². The van der Waals surface area contributed by atoms with Gasteiger partial charge in [0.25, 0.3) is 5.91 Å². The van der Waals surface area contributed by atoms with Crippen LogP contribution in [0.4, 0.5) is 10.1 Å². The zero-order valence-corrected chi connectivity index (χ0v) is 25.3. The summed E-state index contributed by atoms with van der Waals surface area (Å²) >= 11 is 0. The van der Waals surface area contributed by atoms with Gasteiger partial charge in [0, 0.05) is 68.6 Å². The minimum Gasteiger partial charge on any atom is -0.618 e. The number of nitrogens with zero attached hydrogens (tertiary/aromatic N) is 4. The molecule has 1 saturated heterocycles. The summed E-state index contributed by atoms with van der Waals surface area (Å²) in [6.45, 7) is 8.02. The Labute approximate surface area is 257 Å². The van der Waals surface area contributed by atoms with Crippen molar-refractivity contribution < 1.29 is 23.8 Å². The van der Waals surface area contributed by atoms with Crippen molar-refractivity contribution in [1.29, 1.82) is 5.26 Å². The number of nitriles is 1. The fourth-order valence-corrected chi connectivity index (χ4v) is 5.74. The molecule has 44 heavy (non-hydrogen) atoms. The number of carbonyl (C=O) groups excluding carboxylic acids is 1. The van der Waals surface area contributed by atoms with Gasteiger partial charge >= 0.3 is 5.97 Å². The molecule has 1 unspecified atom stereocenters. The van der Waals surface area contributed by atoms with Gasteiger partial charge in [0.2, 0.25) is 5.69 Å². The summed E-state index contributed by atoms with van der Waals surface area (Å²) in [6, 6.07) is 16.0. The van der Waals surface area contributed by atoms with Crippen LogP contribution in [0.2, 0.25) is 0 Å². The summed E-state index contributed by atoms with van der Waals surface area (Å²) in [7, 11) is 0. The number of halogens is 1. The van der Waals surface area contributed by atoms with Gasteiger partial charge in [-0.25, -0.2) is 9.18 Å². The van der Waals surface area contributed by atoms with Crippen molar-refractivity contribution in [3.8, 4) is 6.07 Å². The molecule has 0 aliphatic carbocycles. The predicted octanol–water partition coefficient (Wildman–Crippen LogP) is 4.73. The molecule has 2 N–H and O–H groups in total. The highest BCUT2D eigenvalue weighted by Gasteiger charge is 2.28. The molecule has 1 atom stereocenters. The van der Waals surface area contributed by atoms with Crippen LogP contribution in [0.15, 0.2) is 60.8 Å². The lowest BCUT2D eigenvalue weighted by atomic mass is 9.98. The van der Waals surface area contributed by atoms with Crippen LogP contribution in [0.25, 0.3) is 6.08 Å². The third-order valence-electron chi connectivity index (χ3n) is 8.34. The number of hydrogen-bond acceptors (Lipinski definition) is 6. The zero-order chi connectivity index (χ0) is 31.8. The molecule has 230 valence electrons. The van der Waals surface area contributed by atoms with E-state index in [-0.39, 0.29) is 23.8 Å². The van der Waals surface area contributed by atoms with Crippen molar-refractivity contribution in [2.24, 2.45) is 0 Å². The number of benzene rings is 2. The topological polar surface area (TPSA) is 124 Å². The molecule has 1 fully saturated rings. The molecule has 0 bridgehead atoms. The summed E-state index contributed by atoms with van der Waals surface area (Å²) in [5.74, 6) is -1.64. The quantitative estimate of drug-likeness (QED) is 0.186. The molecule has 1 amide bonds. The molecule has 3 aromatic rings. The first-order chi connectivity index (χ1) is 21.1. The maximum Gasteiger partial charge on any atom is 0.328 e. The molecule has 0 radical (unpaired) electrons. The molecule has 0 spiro atoms. The van der Waals surface area contributed by atoms with Crippen LogP contribution in [0.5, 0.6) is 0 Å². The van der Waals surface area contributed by atoms with Gasteiger partial charge in [0.05, 0.1) is 11.6 Å². The average Bonchev–Trinajstić information content (AvgIpc) is 3.02. The van der Waals surface area contributed by atoms with Gasteiger partial charge in [-0.1, -0.05) is 12.1 Å². The van der Waals surface area contributed by atoms with E-state index in [2.05, 4.69) is 28.1 Å². The van der Waals surface area contributed by atoms with E-state index in [1.54, 1.807) is 19.1 Å². The maximum atomic E-state index is 14.8. The number of rotatable bonds is 11. The van der Waals surface area contributed by atoms with E-state index in [4.69, 9.17) is 5.11 Å². The summed E-state index contributed by atoms with van der Waals surface area (Å²) in [4.78, 5) is 28.3. The first-order valence-electron chi connectivity index (χ1n) is 14.7. The second-order valence-electron chi connectivity index (χ2n) is 11.3. The van der Waals surface area contributed by atoms with Crippen LogP contribution in [0, 0.1) is 36.2 Å². The van der Waals surface area contributed by atoms with E-state index in [9.17, 15) is 24.4 Å². The van der Waals surface area contributed by atoms with E-state index >= 15 is 0 Å². The normalized spacial score (nSPS) is 14.7. The first-order valence-corrected chi connectivity index (χ1v) is 14.7. The lowest BCUT2D eigenvalue weighted by Crippen LogP contribution is -2.48. The second-order valence-corrected chi connectivity index (χ2v) is 11.3. The first kappa shape index (κ1) is 32.2.